The Balaban J connectivity index is 1.56. The third-order valence-corrected chi connectivity index (χ3v) is 7.51. The highest BCUT2D eigenvalue weighted by molar-refractivity contribution is 5.85. The second-order valence-corrected chi connectivity index (χ2v) is 11.9. The number of carbonyl (C=O) groups excluding carboxylic acids is 2. The monoisotopic (exact) mass is 546 g/mol. The number of fused-ring (bicyclic) bond motifs is 1. The molecule has 11 heteroatoms. The molecule has 2 unspecified atom stereocenters. The predicted octanol–water partition coefficient (Wildman–Crippen LogP) is 2.21. The van der Waals surface area contributed by atoms with Crippen LogP contribution in [0.4, 0.5) is 4.79 Å². The molecule has 3 fully saturated rings. The van der Waals surface area contributed by atoms with Gasteiger partial charge in [-0.1, -0.05) is 30.3 Å². The van der Waals surface area contributed by atoms with Gasteiger partial charge in [-0.15, -0.1) is 0 Å². The van der Waals surface area contributed by atoms with Crippen molar-refractivity contribution in [2.24, 2.45) is 0 Å². The van der Waals surface area contributed by atoms with Gasteiger partial charge in [0, 0.05) is 26.2 Å². The highest BCUT2D eigenvalue weighted by atomic mass is 16.6. The van der Waals surface area contributed by atoms with E-state index in [0.717, 1.165) is 32.5 Å². The van der Waals surface area contributed by atoms with Gasteiger partial charge in [0.05, 0.1) is 25.2 Å². The second-order valence-electron chi connectivity index (χ2n) is 11.9. The average molecular weight is 547 g/mol. The Morgan fingerprint density at radius 1 is 1.15 bits per heavy atom. The Kier molecular flexibility index (Phi) is 8.55. The van der Waals surface area contributed by atoms with Gasteiger partial charge in [0.2, 0.25) is 12.1 Å². The molecule has 2 amide bonds. The molecule has 0 saturated carbocycles. The fraction of sp³-hybridized carbons (Fsp3) is 0.679. The molecule has 4 rings (SSSR count). The number of hydrogen-bond donors (Lipinski definition) is 1. The Morgan fingerprint density at radius 3 is 2.41 bits per heavy atom. The summed E-state index contributed by atoms with van der Waals surface area (Å²) in [5.41, 5.74) is -1.30. The van der Waals surface area contributed by atoms with Crippen LogP contribution in [0.3, 0.4) is 0 Å². The van der Waals surface area contributed by atoms with Crippen LogP contribution in [0.2, 0.25) is 0 Å². The number of piperidine rings is 1. The smallest absolute Gasteiger partial charge is 0.410 e. The zero-order valence-electron chi connectivity index (χ0n) is 23.7. The summed E-state index contributed by atoms with van der Waals surface area (Å²) < 4.78 is 17.9. The van der Waals surface area contributed by atoms with Crippen LogP contribution in [0, 0.1) is 0 Å². The SMILES string of the molecule is CCOC(C(=O)O)N(C)CC12CN(C(=O)OC(C)(C)C)CC(=O)N1CC1(CCN(Cc3ccccc3)CC1)O2. The first kappa shape index (κ1) is 29.3. The van der Waals surface area contributed by atoms with E-state index >= 15 is 0 Å². The predicted molar refractivity (Wildman–Crippen MR) is 143 cm³/mol. The maximum Gasteiger partial charge on any atom is 0.410 e. The molecule has 1 aromatic rings. The molecule has 2 atom stereocenters. The summed E-state index contributed by atoms with van der Waals surface area (Å²) in [5.74, 6) is -1.37. The molecule has 1 spiro atoms. The molecular weight excluding hydrogens is 504 g/mol. The van der Waals surface area contributed by atoms with Crippen LogP contribution in [-0.2, 0) is 30.3 Å². The van der Waals surface area contributed by atoms with E-state index in [2.05, 4.69) is 17.0 Å². The van der Waals surface area contributed by atoms with Gasteiger partial charge in [-0.2, -0.15) is 0 Å². The Morgan fingerprint density at radius 2 is 1.82 bits per heavy atom. The Hall–Kier alpha value is -2.73. The fourth-order valence-electron chi connectivity index (χ4n) is 5.82. The van der Waals surface area contributed by atoms with Crippen molar-refractivity contribution in [2.75, 3.05) is 52.9 Å². The Bertz CT molecular complexity index is 1040. The molecule has 3 heterocycles. The lowest BCUT2D eigenvalue weighted by molar-refractivity contribution is -0.203. The standard InChI is InChI=1S/C28H42N4O7/c1-6-37-23(24(34)35)29(5)19-28-20-31(25(36)38-26(2,3)4)17-22(33)32(28)18-27(39-28)12-14-30(15-13-27)16-21-10-8-7-9-11-21/h7-11,23H,6,12-20H2,1-5H3,(H,34,35). The zero-order chi connectivity index (χ0) is 28.4. The first-order chi connectivity index (χ1) is 18.4. The van der Waals surface area contributed by atoms with E-state index in [1.165, 1.54) is 15.4 Å². The van der Waals surface area contributed by atoms with Crippen molar-refractivity contribution in [1.82, 2.24) is 19.6 Å². The second kappa shape index (κ2) is 11.4. The van der Waals surface area contributed by atoms with Gasteiger partial charge in [-0.3, -0.25) is 19.5 Å². The number of carboxylic acid groups (broad SMARTS) is 1. The summed E-state index contributed by atoms with van der Waals surface area (Å²) >= 11 is 0. The molecule has 0 bridgehead atoms. The van der Waals surface area contributed by atoms with E-state index < -0.39 is 35.2 Å². The molecule has 1 N–H and O–H groups in total. The normalized spacial score (nSPS) is 24.2. The quantitative estimate of drug-likeness (QED) is 0.491. The number of nitrogens with zero attached hydrogens (tertiary/aromatic N) is 4. The van der Waals surface area contributed by atoms with Crippen molar-refractivity contribution < 1.29 is 33.7 Å². The minimum absolute atomic E-state index is 0.0600. The minimum Gasteiger partial charge on any atom is -0.478 e. The maximum absolute atomic E-state index is 13.5. The molecule has 0 aromatic heterocycles. The number of carbonyl (C=O) groups is 3. The maximum atomic E-state index is 13.5. The number of carboxylic acids is 1. The largest absolute Gasteiger partial charge is 0.478 e. The zero-order valence-corrected chi connectivity index (χ0v) is 23.7. The number of piperazine rings is 1. The van der Waals surface area contributed by atoms with Gasteiger partial charge in [0.15, 0.2) is 5.72 Å². The van der Waals surface area contributed by atoms with Crippen LogP contribution in [0.5, 0.6) is 0 Å². The van der Waals surface area contributed by atoms with Crippen LogP contribution in [0.15, 0.2) is 30.3 Å². The topological polar surface area (TPSA) is 112 Å². The van der Waals surface area contributed by atoms with Crippen LogP contribution in [0.1, 0.15) is 46.1 Å². The highest BCUT2D eigenvalue weighted by Crippen LogP contribution is 2.44. The number of ether oxygens (including phenoxy) is 3. The number of hydrogen-bond acceptors (Lipinski definition) is 8. The lowest BCUT2D eigenvalue weighted by Gasteiger charge is -2.47. The number of likely N-dealkylation sites (tertiary alicyclic amines) is 1. The highest BCUT2D eigenvalue weighted by Gasteiger charge is 2.61. The van der Waals surface area contributed by atoms with Crippen LogP contribution in [0.25, 0.3) is 0 Å². The van der Waals surface area contributed by atoms with Crippen LogP contribution < -0.4 is 0 Å². The molecule has 3 aliphatic rings. The number of benzene rings is 1. The molecule has 3 saturated heterocycles. The van der Waals surface area contributed by atoms with E-state index in [4.69, 9.17) is 14.2 Å². The van der Waals surface area contributed by atoms with Crippen molar-refractivity contribution in [3.05, 3.63) is 35.9 Å². The van der Waals surface area contributed by atoms with Crippen molar-refractivity contribution in [2.45, 2.75) is 70.2 Å². The molecule has 3 aliphatic heterocycles. The van der Waals surface area contributed by atoms with E-state index in [-0.39, 0.29) is 32.1 Å². The first-order valence-electron chi connectivity index (χ1n) is 13.6. The molecule has 11 nitrogen and oxygen atoms in total. The van der Waals surface area contributed by atoms with E-state index in [0.29, 0.717) is 6.54 Å². The third kappa shape index (κ3) is 6.71. The lowest BCUT2D eigenvalue weighted by atomic mass is 9.91. The van der Waals surface area contributed by atoms with Gasteiger partial charge in [-0.05, 0) is 53.1 Å². The van der Waals surface area contributed by atoms with Crippen molar-refractivity contribution in [1.29, 1.82) is 0 Å². The first-order valence-corrected chi connectivity index (χ1v) is 13.6. The summed E-state index contributed by atoms with van der Waals surface area (Å²) in [6.45, 7) is 10.1. The summed E-state index contributed by atoms with van der Waals surface area (Å²) in [6, 6.07) is 10.3. The van der Waals surface area contributed by atoms with Crippen molar-refractivity contribution >= 4 is 18.0 Å². The molecule has 216 valence electrons. The lowest BCUT2D eigenvalue weighted by Crippen LogP contribution is -2.68. The fourth-order valence-corrected chi connectivity index (χ4v) is 5.82. The van der Waals surface area contributed by atoms with E-state index in [1.807, 2.05) is 18.2 Å². The average Bonchev–Trinajstić information content (AvgIpc) is 3.17. The summed E-state index contributed by atoms with van der Waals surface area (Å²) in [6.07, 6.45) is -0.379. The Labute approximate surface area is 230 Å². The van der Waals surface area contributed by atoms with E-state index in [1.54, 1.807) is 39.6 Å². The molecular formula is C28H42N4O7. The van der Waals surface area contributed by atoms with Crippen molar-refractivity contribution in [3.63, 3.8) is 0 Å². The van der Waals surface area contributed by atoms with E-state index in [9.17, 15) is 19.5 Å². The van der Waals surface area contributed by atoms with Gasteiger partial charge in [0.25, 0.3) is 0 Å². The number of rotatable bonds is 8. The third-order valence-electron chi connectivity index (χ3n) is 7.51. The summed E-state index contributed by atoms with van der Waals surface area (Å²) in [5, 5.41) is 9.78. The van der Waals surface area contributed by atoms with Gasteiger partial charge < -0.3 is 24.2 Å². The number of amides is 2. The van der Waals surface area contributed by atoms with Crippen LogP contribution in [-0.4, -0.2) is 119 Å². The summed E-state index contributed by atoms with van der Waals surface area (Å²) in [7, 11) is 1.63. The van der Waals surface area contributed by atoms with Gasteiger partial charge >= 0.3 is 12.1 Å². The summed E-state index contributed by atoms with van der Waals surface area (Å²) in [4.78, 5) is 45.5. The molecule has 0 aliphatic carbocycles. The van der Waals surface area contributed by atoms with Gasteiger partial charge in [-0.25, -0.2) is 9.59 Å². The number of aliphatic carboxylic acids is 1. The molecule has 1 aromatic carbocycles. The molecule has 39 heavy (non-hydrogen) atoms. The minimum atomic E-state index is -1.23. The van der Waals surface area contributed by atoms with Crippen LogP contribution >= 0.6 is 0 Å². The number of likely N-dealkylation sites (N-methyl/N-ethyl adjacent to an activating group) is 1. The molecule has 0 radical (unpaired) electrons. The van der Waals surface area contributed by atoms with Crippen molar-refractivity contribution in [3.8, 4) is 0 Å². The van der Waals surface area contributed by atoms with Gasteiger partial charge in [0.1, 0.15) is 12.1 Å².